The van der Waals surface area contributed by atoms with E-state index >= 15 is 0 Å². The summed E-state index contributed by atoms with van der Waals surface area (Å²) >= 11 is 0. The minimum atomic E-state index is -1.25. The molecule has 8 nitrogen and oxygen atoms in total. The number of carboxylic acids is 1. The lowest BCUT2D eigenvalue weighted by atomic mass is 9.98. The molecule has 1 aliphatic carbocycles. The fourth-order valence-electron chi connectivity index (χ4n) is 5.31. The van der Waals surface area contributed by atoms with E-state index in [9.17, 15) is 19.5 Å². The number of fused-ring (bicyclic) bond motifs is 4. The van der Waals surface area contributed by atoms with Gasteiger partial charge in [0.25, 0.3) is 0 Å². The highest BCUT2D eigenvalue weighted by atomic mass is 16.6. The number of aromatic nitrogens is 1. The number of carbonyl (C=O) groups is 3. The van der Waals surface area contributed by atoms with E-state index in [4.69, 9.17) is 9.47 Å². The first-order chi connectivity index (χ1) is 19.1. The van der Waals surface area contributed by atoms with Gasteiger partial charge in [-0.25, -0.2) is 9.59 Å². The zero-order valence-corrected chi connectivity index (χ0v) is 22.7. The van der Waals surface area contributed by atoms with E-state index in [-0.39, 0.29) is 31.5 Å². The molecule has 40 heavy (non-hydrogen) atoms. The predicted molar refractivity (Wildman–Crippen MR) is 151 cm³/mol. The zero-order valence-electron chi connectivity index (χ0n) is 22.7. The van der Waals surface area contributed by atoms with Crippen LogP contribution in [-0.4, -0.2) is 46.0 Å². The molecule has 1 unspecified atom stereocenters. The first kappa shape index (κ1) is 27.0. The van der Waals surface area contributed by atoms with Gasteiger partial charge in [-0.15, -0.1) is 0 Å². The van der Waals surface area contributed by atoms with Crippen LogP contribution in [0.3, 0.4) is 0 Å². The maximum atomic E-state index is 12.8. The lowest BCUT2D eigenvalue weighted by molar-refractivity contribution is -0.154. The van der Waals surface area contributed by atoms with Crippen molar-refractivity contribution in [2.45, 2.75) is 51.3 Å². The van der Waals surface area contributed by atoms with E-state index in [1.807, 2.05) is 72.8 Å². The van der Waals surface area contributed by atoms with Crippen molar-refractivity contribution in [1.29, 1.82) is 0 Å². The number of alkyl carbamates (subject to hydrolysis) is 1. The Hall–Kier alpha value is -4.59. The summed E-state index contributed by atoms with van der Waals surface area (Å²) in [4.78, 5) is 37.4. The van der Waals surface area contributed by atoms with E-state index in [1.54, 1.807) is 31.5 Å². The number of carbonyl (C=O) groups excluding carboxylic acids is 2. The summed E-state index contributed by atoms with van der Waals surface area (Å²) in [6.07, 6.45) is 0.978. The van der Waals surface area contributed by atoms with E-state index in [0.717, 1.165) is 38.7 Å². The smallest absolute Gasteiger partial charge is 0.407 e. The molecule has 2 N–H and O–H groups in total. The van der Waals surface area contributed by atoms with Crippen molar-refractivity contribution < 1.29 is 29.0 Å². The molecule has 0 saturated carbocycles. The molecule has 5 rings (SSSR count). The second kappa shape index (κ2) is 10.9. The van der Waals surface area contributed by atoms with Crippen molar-refractivity contribution in [3.05, 3.63) is 95.7 Å². The molecule has 0 aliphatic heterocycles. The molecule has 8 heteroatoms. The summed E-state index contributed by atoms with van der Waals surface area (Å²) in [5.74, 6) is -1.70. The van der Waals surface area contributed by atoms with E-state index in [0.29, 0.717) is 0 Å². The second-order valence-corrected chi connectivity index (χ2v) is 10.9. The molecule has 0 radical (unpaired) electrons. The van der Waals surface area contributed by atoms with Crippen molar-refractivity contribution in [2.24, 2.45) is 0 Å². The number of carboxylic acid groups (broad SMARTS) is 1. The number of nitrogens with one attached hydrogen (secondary N) is 1. The summed E-state index contributed by atoms with van der Waals surface area (Å²) in [7, 11) is 0. The average molecular weight is 541 g/mol. The molecule has 3 aromatic carbocycles. The largest absolute Gasteiger partial charge is 0.480 e. The van der Waals surface area contributed by atoms with Gasteiger partial charge in [-0.1, -0.05) is 66.7 Å². The van der Waals surface area contributed by atoms with Gasteiger partial charge in [0.15, 0.2) is 0 Å². The number of rotatable bonds is 8. The Bertz CT molecular complexity index is 1540. The quantitative estimate of drug-likeness (QED) is 0.285. The molecule has 1 atom stereocenters. The molecule has 206 valence electrons. The third-order valence-corrected chi connectivity index (χ3v) is 6.94. The van der Waals surface area contributed by atoms with Gasteiger partial charge >= 0.3 is 18.0 Å². The van der Waals surface area contributed by atoms with E-state index < -0.39 is 23.7 Å². The number of amides is 1. The molecule has 1 aliphatic rings. The highest BCUT2D eigenvalue weighted by Crippen LogP contribution is 2.44. The molecule has 0 spiro atoms. The van der Waals surface area contributed by atoms with Gasteiger partial charge in [-0.3, -0.25) is 4.79 Å². The normalized spacial score (nSPS) is 13.4. The van der Waals surface area contributed by atoms with Crippen molar-refractivity contribution in [3.8, 4) is 11.1 Å². The number of hydrogen-bond donors (Lipinski definition) is 2. The molecular formula is C32H32N2O6. The average Bonchev–Trinajstić information content (AvgIpc) is 3.41. The summed E-state index contributed by atoms with van der Waals surface area (Å²) in [5, 5.41) is 13.2. The molecule has 1 heterocycles. The number of para-hydroxylation sites is 1. The number of esters is 1. The van der Waals surface area contributed by atoms with Crippen LogP contribution < -0.4 is 5.32 Å². The second-order valence-electron chi connectivity index (χ2n) is 10.9. The SMILES string of the molecule is CC(C)(C)OC(=O)Cc1cn(CC(NC(=O)OCC2c3ccccc3-c3ccccc32)C(=O)O)c2ccccc12. The molecule has 1 amide bonds. The van der Waals surface area contributed by atoms with Crippen LogP contribution in [0.25, 0.3) is 22.0 Å². The Morgan fingerprint density at radius 1 is 0.925 bits per heavy atom. The lowest BCUT2D eigenvalue weighted by Gasteiger charge is -2.19. The first-order valence-corrected chi connectivity index (χ1v) is 13.2. The fraction of sp³-hybridized carbons (Fsp3) is 0.281. The Kier molecular flexibility index (Phi) is 7.34. The van der Waals surface area contributed by atoms with Gasteiger partial charge < -0.3 is 24.5 Å². The minimum Gasteiger partial charge on any atom is -0.480 e. The molecule has 1 aromatic heterocycles. The van der Waals surface area contributed by atoms with Crippen LogP contribution >= 0.6 is 0 Å². The van der Waals surface area contributed by atoms with Crippen molar-refractivity contribution in [3.63, 3.8) is 0 Å². The van der Waals surface area contributed by atoms with Gasteiger partial charge in [-0.2, -0.15) is 0 Å². The number of nitrogens with zero attached hydrogens (tertiary/aromatic N) is 1. The summed E-state index contributed by atoms with van der Waals surface area (Å²) < 4.78 is 12.8. The number of aliphatic carboxylic acids is 1. The lowest BCUT2D eigenvalue weighted by Crippen LogP contribution is -2.44. The zero-order chi connectivity index (χ0) is 28.4. The van der Waals surface area contributed by atoms with Crippen molar-refractivity contribution >= 4 is 28.9 Å². The van der Waals surface area contributed by atoms with Crippen molar-refractivity contribution in [1.82, 2.24) is 9.88 Å². The van der Waals surface area contributed by atoms with Gasteiger partial charge in [0.05, 0.1) is 13.0 Å². The maximum absolute atomic E-state index is 12.8. The predicted octanol–water partition coefficient (Wildman–Crippen LogP) is 5.52. The number of hydrogen-bond acceptors (Lipinski definition) is 5. The Labute approximate surface area is 232 Å². The number of ether oxygens (including phenoxy) is 2. The summed E-state index contributed by atoms with van der Waals surface area (Å²) in [6, 6.07) is 22.2. The van der Waals surface area contributed by atoms with Gasteiger partial charge in [0.1, 0.15) is 18.2 Å². The fourth-order valence-corrected chi connectivity index (χ4v) is 5.31. The highest BCUT2D eigenvalue weighted by molar-refractivity contribution is 5.88. The van der Waals surface area contributed by atoms with Crippen LogP contribution in [-0.2, 0) is 32.0 Å². The van der Waals surface area contributed by atoms with Crippen molar-refractivity contribution in [2.75, 3.05) is 6.61 Å². The van der Waals surface area contributed by atoms with E-state index in [2.05, 4.69) is 5.32 Å². The van der Waals surface area contributed by atoms with Gasteiger partial charge in [0, 0.05) is 23.0 Å². The molecule has 0 saturated heterocycles. The monoisotopic (exact) mass is 540 g/mol. The summed E-state index contributed by atoms with van der Waals surface area (Å²) in [6.45, 7) is 5.45. The van der Waals surface area contributed by atoms with Crippen LogP contribution in [0.2, 0.25) is 0 Å². The van der Waals surface area contributed by atoms with Gasteiger partial charge in [0.2, 0.25) is 0 Å². The number of benzene rings is 3. The Balaban J connectivity index is 1.29. The Morgan fingerprint density at radius 2 is 1.52 bits per heavy atom. The van der Waals surface area contributed by atoms with E-state index in [1.165, 1.54) is 0 Å². The van der Waals surface area contributed by atoms with Crippen LogP contribution in [0.15, 0.2) is 79.0 Å². The van der Waals surface area contributed by atoms with Crippen LogP contribution in [0.4, 0.5) is 4.79 Å². The maximum Gasteiger partial charge on any atom is 0.407 e. The topological polar surface area (TPSA) is 107 Å². The third kappa shape index (κ3) is 5.71. The van der Waals surface area contributed by atoms with Crippen LogP contribution in [0.1, 0.15) is 43.4 Å². The third-order valence-electron chi connectivity index (χ3n) is 6.94. The molecule has 0 bridgehead atoms. The highest BCUT2D eigenvalue weighted by Gasteiger charge is 2.30. The van der Waals surface area contributed by atoms with Crippen LogP contribution in [0, 0.1) is 0 Å². The minimum absolute atomic E-state index is 0.0440. The Morgan fingerprint density at radius 3 is 2.15 bits per heavy atom. The van der Waals surface area contributed by atoms with Crippen LogP contribution in [0.5, 0.6) is 0 Å². The van der Waals surface area contributed by atoms with Gasteiger partial charge in [-0.05, 0) is 54.7 Å². The molecule has 0 fully saturated rings. The standard InChI is InChI=1S/C32H32N2O6/c1-32(2,3)40-29(35)16-20-17-34(28-15-9-8-10-21(20)28)18-27(30(36)37)33-31(38)39-19-26-24-13-6-4-11-22(24)23-12-5-7-14-25(23)26/h4-15,17,26-27H,16,18-19H2,1-3H3,(H,33,38)(H,36,37). The molecular weight excluding hydrogens is 508 g/mol. The molecule has 4 aromatic rings. The summed E-state index contributed by atoms with van der Waals surface area (Å²) in [5.41, 5.74) is 5.22. The first-order valence-electron chi connectivity index (χ1n) is 13.2.